The zero-order chi connectivity index (χ0) is 20.4. The number of benzene rings is 2. The molecule has 2 heterocycles. The third kappa shape index (κ3) is 4.07. The maximum Gasteiger partial charge on any atom is 0.276 e. The van der Waals surface area contributed by atoms with E-state index in [4.69, 9.17) is 0 Å². The Morgan fingerprint density at radius 3 is 2.66 bits per heavy atom. The lowest BCUT2D eigenvalue weighted by Gasteiger charge is -2.08. The van der Waals surface area contributed by atoms with Crippen LogP contribution in [0.1, 0.15) is 16.3 Å². The highest BCUT2D eigenvalue weighted by Gasteiger charge is 2.12. The van der Waals surface area contributed by atoms with Crippen LogP contribution in [0.2, 0.25) is 0 Å². The molecule has 4 rings (SSSR count). The summed E-state index contributed by atoms with van der Waals surface area (Å²) >= 11 is 0. The third-order valence-electron chi connectivity index (χ3n) is 4.29. The van der Waals surface area contributed by atoms with Gasteiger partial charge in [0.05, 0.1) is 23.3 Å². The minimum Gasteiger partial charge on any atom is -0.341 e. The summed E-state index contributed by atoms with van der Waals surface area (Å²) in [6.45, 7) is 0.696. The number of fused-ring (bicyclic) bond motifs is 1. The lowest BCUT2D eigenvalue weighted by Crippen LogP contribution is -2.24. The van der Waals surface area contributed by atoms with Crippen molar-refractivity contribution in [3.8, 4) is 5.69 Å². The van der Waals surface area contributed by atoms with Gasteiger partial charge in [0.25, 0.3) is 11.5 Å². The second-order valence-corrected chi connectivity index (χ2v) is 6.91. The summed E-state index contributed by atoms with van der Waals surface area (Å²) in [6, 6.07) is 17.2. The number of carbonyl (C=O) groups is 1. The van der Waals surface area contributed by atoms with Crippen LogP contribution in [-0.4, -0.2) is 44.7 Å². The topological polar surface area (TPSA) is 95.9 Å². The van der Waals surface area contributed by atoms with Gasteiger partial charge in [0, 0.05) is 11.8 Å². The first-order valence-corrected chi connectivity index (χ1v) is 9.10. The third-order valence-corrected chi connectivity index (χ3v) is 4.29. The monoisotopic (exact) mass is 388 g/mol. The molecule has 4 aromatic rings. The Morgan fingerprint density at radius 2 is 1.90 bits per heavy atom. The van der Waals surface area contributed by atoms with Gasteiger partial charge in [-0.15, -0.1) is 0 Å². The van der Waals surface area contributed by atoms with Gasteiger partial charge in [0.15, 0.2) is 0 Å². The SMILES string of the molecule is CN(C)Cc1nc2ccc(NC(=O)c3ccc(=O)n(-c4ccccc4)n3)cc2[nH]1. The van der Waals surface area contributed by atoms with Crippen LogP contribution in [0.5, 0.6) is 0 Å². The van der Waals surface area contributed by atoms with Crippen molar-refractivity contribution in [1.82, 2.24) is 24.6 Å². The van der Waals surface area contributed by atoms with E-state index in [-0.39, 0.29) is 11.3 Å². The van der Waals surface area contributed by atoms with Crippen LogP contribution in [-0.2, 0) is 6.54 Å². The highest BCUT2D eigenvalue weighted by Crippen LogP contribution is 2.18. The molecule has 0 bridgehead atoms. The first-order valence-electron chi connectivity index (χ1n) is 9.10. The lowest BCUT2D eigenvalue weighted by molar-refractivity contribution is 0.102. The second kappa shape index (κ2) is 7.69. The fraction of sp³-hybridized carbons (Fsp3) is 0.143. The second-order valence-electron chi connectivity index (χ2n) is 6.91. The van der Waals surface area contributed by atoms with Crippen LogP contribution in [0.15, 0.2) is 65.5 Å². The molecule has 2 aromatic carbocycles. The van der Waals surface area contributed by atoms with E-state index in [2.05, 4.69) is 20.4 Å². The molecule has 0 aliphatic carbocycles. The number of aromatic nitrogens is 4. The molecule has 0 unspecified atom stereocenters. The van der Waals surface area contributed by atoms with Crippen LogP contribution < -0.4 is 10.9 Å². The largest absolute Gasteiger partial charge is 0.341 e. The average molecular weight is 388 g/mol. The smallest absolute Gasteiger partial charge is 0.276 e. The fourth-order valence-electron chi connectivity index (χ4n) is 3.00. The lowest BCUT2D eigenvalue weighted by atomic mass is 10.2. The molecular weight excluding hydrogens is 368 g/mol. The van der Waals surface area contributed by atoms with E-state index in [0.717, 1.165) is 16.9 Å². The molecule has 0 fully saturated rings. The number of aromatic amines is 1. The van der Waals surface area contributed by atoms with Crippen LogP contribution in [0.3, 0.4) is 0 Å². The number of amides is 1. The Labute approximate surface area is 166 Å². The standard InChI is InChI=1S/C21H20N6O2/c1-26(2)13-19-23-16-9-8-14(12-18(16)24-19)22-21(29)17-10-11-20(28)27(25-17)15-6-4-3-5-7-15/h3-12H,13H2,1-2H3,(H,22,29)(H,23,24). The number of H-pyrrole nitrogens is 1. The molecular formula is C21H20N6O2. The van der Waals surface area contributed by atoms with E-state index in [9.17, 15) is 9.59 Å². The molecule has 0 saturated heterocycles. The van der Waals surface area contributed by atoms with Gasteiger partial charge in [-0.2, -0.15) is 9.78 Å². The van der Waals surface area contributed by atoms with Crippen molar-refractivity contribution in [2.45, 2.75) is 6.54 Å². The Balaban J connectivity index is 1.58. The Bertz CT molecular complexity index is 1230. The Kier molecular flexibility index (Phi) is 4.92. The van der Waals surface area contributed by atoms with Crippen LogP contribution >= 0.6 is 0 Å². The summed E-state index contributed by atoms with van der Waals surface area (Å²) in [5.74, 6) is 0.451. The summed E-state index contributed by atoms with van der Waals surface area (Å²) < 4.78 is 1.21. The molecule has 0 radical (unpaired) electrons. The van der Waals surface area contributed by atoms with Gasteiger partial charge in [-0.3, -0.25) is 9.59 Å². The predicted molar refractivity (Wildman–Crippen MR) is 111 cm³/mol. The van der Waals surface area contributed by atoms with Gasteiger partial charge < -0.3 is 15.2 Å². The number of rotatable bonds is 5. The van der Waals surface area contributed by atoms with Gasteiger partial charge >= 0.3 is 0 Å². The number of anilines is 1. The van der Waals surface area contributed by atoms with Gasteiger partial charge in [-0.25, -0.2) is 4.98 Å². The van der Waals surface area contributed by atoms with E-state index < -0.39 is 5.91 Å². The summed E-state index contributed by atoms with van der Waals surface area (Å²) in [6.07, 6.45) is 0. The maximum atomic E-state index is 12.7. The summed E-state index contributed by atoms with van der Waals surface area (Å²) in [4.78, 5) is 34.6. The zero-order valence-corrected chi connectivity index (χ0v) is 16.1. The normalized spacial score (nSPS) is 11.1. The van der Waals surface area contributed by atoms with Crippen molar-refractivity contribution in [3.63, 3.8) is 0 Å². The molecule has 2 aromatic heterocycles. The molecule has 8 nitrogen and oxygen atoms in total. The van der Waals surface area contributed by atoms with Gasteiger partial charge in [0.1, 0.15) is 11.5 Å². The summed E-state index contributed by atoms with van der Waals surface area (Å²) in [7, 11) is 3.95. The molecule has 0 aliphatic rings. The molecule has 0 saturated carbocycles. The van der Waals surface area contributed by atoms with E-state index in [0.29, 0.717) is 17.9 Å². The van der Waals surface area contributed by atoms with Crippen LogP contribution in [0.25, 0.3) is 16.7 Å². The average Bonchev–Trinajstić information content (AvgIpc) is 3.09. The van der Waals surface area contributed by atoms with Gasteiger partial charge in [-0.05, 0) is 50.5 Å². The number of nitrogens with zero attached hydrogens (tertiary/aromatic N) is 4. The molecule has 2 N–H and O–H groups in total. The molecule has 0 aliphatic heterocycles. The number of para-hydroxylation sites is 1. The molecule has 8 heteroatoms. The predicted octanol–water partition coefficient (Wildman–Crippen LogP) is 2.42. The molecule has 146 valence electrons. The molecule has 0 atom stereocenters. The summed E-state index contributed by atoms with van der Waals surface area (Å²) in [5.41, 5.74) is 2.71. The van der Waals surface area contributed by atoms with Crippen molar-refractivity contribution < 1.29 is 4.79 Å². The number of carbonyl (C=O) groups excluding carboxylic acids is 1. The minimum atomic E-state index is -0.401. The van der Waals surface area contributed by atoms with E-state index in [1.807, 2.05) is 37.2 Å². The number of nitrogens with one attached hydrogen (secondary N) is 2. The van der Waals surface area contributed by atoms with E-state index in [1.165, 1.54) is 16.8 Å². The van der Waals surface area contributed by atoms with Gasteiger partial charge in [-0.1, -0.05) is 18.2 Å². The van der Waals surface area contributed by atoms with Gasteiger partial charge in [0.2, 0.25) is 0 Å². The Hall–Kier alpha value is -3.78. The van der Waals surface area contributed by atoms with Crippen molar-refractivity contribution in [2.24, 2.45) is 0 Å². The highest BCUT2D eigenvalue weighted by atomic mass is 16.2. The summed E-state index contributed by atoms with van der Waals surface area (Å²) in [5, 5.41) is 7.03. The fourth-order valence-corrected chi connectivity index (χ4v) is 3.00. The molecule has 0 spiro atoms. The minimum absolute atomic E-state index is 0.145. The van der Waals surface area contributed by atoms with E-state index in [1.54, 1.807) is 30.3 Å². The van der Waals surface area contributed by atoms with Crippen molar-refractivity contribution >= 4 is 22.6 Å². The zero-order valence-electron chi connectivity index (χ0n) is 16.1. The van der Waals surface area contributed by atoms with Crippen LogP contribution in [0, 0.1) is 0 Å². The molecule has 29 heavy (non-hydrogen) atoms. The number of hydrogen-bond donors (Lipinski definition) is 2. The first-order chi connectivity index (χ1) is 14.0. The first kappa shape index (κ1) is 18.6. The number of hydrogen-bond acceptors (Lipinski definition) is 5. The number of imidazole rings is 1. The van der Waals surface area contributed by atoms with Crippen molar-refractivity contribution in [1.29, 1.82) is 0 Å². The van der Waals surface area contributed by atoms with Crippen LogP contribution in [0.4, 0.5) is 5.69 Å². The highest BCUT2D eigenvalue weighted by molar-refractivity contribution is 6.03. The maximum absolute atomic E-state index is 12.7. The quantitative estimate of drug-likeness (QED) is 0.547. The van der Waals surface area contributed by atoms with E-state index >= 15 is 0 Å². The Morgan fingerprint density at radius 1 is 1.10 bits per heavy atom. The van der Waals surface area contributed by atoms with Crippen molar-refractivity contribution in [2.75, 3.05) is 19.4 Å². The van der Waals surface area contributed by atoms with Crippen molar-refractivity contribution in [3.05, 3.63) is 82.5 Å². The molecule has 1 amide bonds.